The summed E-state index contributed by atoms with van der Waals surface area (Å²) in [5, 5.41) is 11.1. The number of rotatable bonds is 3. The molecule has 96 valence electrons. The molecule has 0 aromatic heterocycles. The Morgan fingerprint density at radius 3 is 2.59 bits per heavy atom. The normalized spacial score (nSPS) is 21.8. The zero-order valence-electron chi connectivity index (χ0n) is 10.1. The van der Waals surface area contributed by atoms with Crippen LogP contribution in [0.25, 0.3) is 0 Å². The van der Waals surface area contributed by atoms with Crippen molar-refractivity contribution in [3.63, 3.8) is 0 Å². The summed E-state index contributed by atoms with van der Waals surface area (Å²) in [4.78, 5) is 35.2. The van der Waals surface area contributed by atoms with E-state index in [1.165, 1.54) is 13.8 Å². The highest BCUT2D eigenvalue weighted by atomic mass is 16.4. The molecule has 0 saturated carbocycles. The molecule has 17 heavy (non-hydrogen) atoms. The number of piperidine rings is 1. The predicted octanol–water partition coefficient (Wildman–Crippen LogP) is -0.166. The number of amides is 2. The summed E-state index contributed by atoms with van der Waals surface area (Å²) >= 11 is 0. The number of carboxylic acids is 1. The first kappa shape index (κ1) is 13.5. The van der Waals surface area contributed by atoms with Crippen molar-refractivity contribution >= 4 is 17.8 Å². The van der Waals surface area contributed by atoms with Crippen molar-refractivity contribution in [3.05, 3.63) is 0 Å². The van der Waals surface area contributed by atoms with E-state index in [-0.39, 0.29) is 17.7 Å². The second kappa shape index (κ2) is 5.65. The number of nitrogens with zero attached hydrogens (tertiary/aromatic N) is 1. The number of hydrogen-bond donors (Lipinski definition) is 2. The zero-order chi connectivity index (χ0) is 13.0. The van der Waals surface area contributed by atoms with E-state index in [9.17, 15) is 14.4 Å². The average Bonchev–Trinajstić information content (AvgIpc) is 2.28. The first-order chi connectivity index (χ1) is 7.91. The first-order valence-electron chi connectivity index (χ1n) is 5.70. The van der Waals surface area contributed by atoms with E-state index in [4.69, 9.17) is 5.11 Å². The van der Waals surface area contributed by atoms with Crippen LogP contribution in [-0.2, 0) is 14.4 Å². The maximum atomic E-state index is 11.8. The molecule has 0 aromatic rings. The van der Waals surface area contributed by atoms with Gasteiger partial charge in [0.15, 0.2) is 0 Å². The van der Waals surface area contributed by atoms with E-state index >= 15 is 0 Å². The summed E-state index contributed by atoms with van der Waals surface area (Å²) in [6, 6.07) is -0.893. The maximum Gasteiger partial charge on any atom is 0.325 e. The Morgan fingerprint density at radius 1 is 1.41 bits per heavy atom. The third kappa shape index (κ3) is 3.72. The molecule has 2 atom stereocenters. The lowest BCUT2D eigenvalue weighted by Gasteiger charge is -2.31. The van der Waals surface area contributed by atoms with Gasteiger partial charge in [0.1, 0.15) is 6.04 Å². The molecule has 0 aliphatic carbocycles. The second-order valence-corrected chi connectivity index (χ2v) is 4.37. The fourth-order valence-corrected chi connectivity index (χ4v) is 1.87. The van der Waals surface area contributed by atoms with Gasteiger partial charge in [0.05, 0.1) is 5.92 Å². The Hall–Kier alpha value is -1.59. The van der Waals surface area contributed by atoms with Crippen LogP contribution in [0.5, 0.6) is 0 Å². The molecule has 1 saturated heterocycles. The van der Waals surface area contributed by atoms with Crippen molar-refractivity contribution in [2.45, 2.75) is 32.7 Å². The molecule has 1 fully saturated rings. The average molecular weight is 242 g/mol. The third-order valence-corrected chi connectivity index (χ3v) is 2.97. The van der Waals surface area contributed by atoms with Crippen molar-refractivity contribution in [2.24, 2.45) is 5.92 Å². The van der Waals surface area contributed by atoms with E-state index in [0.717, 1.165) is 6.42 Å². The summed E-state index contributed by atoms with van der Waals surface area (Å²) in [6.45, 7) is 3.95. The summed E-state index contributed by atoms with van der Waals surface area (Å²) in [6.07, 6.45) is 1.47. The van der Waals surface area contributed by atoms with Crippen LogP contribution in [0, 0.1) is 5.92 Å². The molecule has 2 amide bonds. The molecule has 6 nitrogen and oxygen atoms in total. The van der Waals surface area contributed by atoms with Gasteiger partial charge in [-0.1, -0.05) is 0 Å². The second-order valence-electron chi connectivity index (χ2n) is 4.37. The summed E-state index contributed by atoms with van der Waals surface area (Å²) < 4.78 is 0. The van der Waals surface area contributed by atoms with Crippen molar-refractivity contribution < 1.29 is 19.5 Å². The van der Waals surface area contributed by atoms with E-state index in [2.05, 4.69) is 5.32 Å². The Labute approximate surface area is 100.0 Å². The lowest BCUT2D eigenvalue weighted by molar-refractivity contribution is -0.143. The molecule has 1 aliphatic heterocycles. The van der Waals surface area contributed by atoms with Gasteiger partial charge in [-0.05, 0) is 19.8 Å². The Bertz CT molecular complexity index is 329. The molecular weight excluding hydrogens is 224 g/mol. The van der Waals surface area contributed by atoms with Gasteiger partial charge in [0.2, 0.25) is 11.8 Å². The number of carbonyl (C=O) groups excluding carboxylic acids is 2. The van der Waals surface area contributed by atoms with Crippen molar-refractivity contribution in [1.29, 1.82) is 0 Å². The van der Waals surface area contributed by atoms with Crippen LogP contribution in [0.3, 0.4) is 0 Å². The monoisotopic (exact) mass is 242 g/mol. The van der Waals surface area contributed by atoms with Gasteiger partial charge >= 0.3 is 5.97 Å². The molecule has 0 spiro atoms. The van der Waals surface area contributed by atoms with Gasteiger partial charge in [-0.25, -0.2) is 0 Å². The minimum atomic E-state index is -1.06. The lowest BCUT2D eigenvalue weighted by atomic mass is 9.97. The van der Waals surface area contributed by atoms with Crippen LogP contribution in [-0.4, -0.2) is 46.9 Å². The minimum absolute atomic E-state index is 0.0474. The fraction of sp³-hybridized carbons (Fsp3) is 0.727. The predicted molar refractivity (Wildman–Crippen MR) is 60.2 cm³/mol. The molecule has 1 unspecified atom stereocenters. The van der Waals surface area contributed by atoms with Gasteiger partial charge in [-0.3, -0.25) is 14.4 Å². The molecule has 0 aromatic carbocycles. The summed E-state index contributed by atoms with van der Waals surface area (Å²) in [5.74, 6) is -1.69. The van der Waals surface area contributed by atoms with Crippen LogP contribution in [0.2, 0.25) is 0 Å². The molecule has 0 radical (unpaired) electrons. The highest BCUT2D eigenvalue weighted by Gasteiger charge is 2.28. The molecular formula is C11H18N2O4. The van der Waals surface area contributed by atoms with Crippen LogP contribution in [0.1, 0.15) is 26.7 Å². The van der Waals surface area contributed by atoms with Gasteiger partial charge in [-0.2, -0.15) is 0 Å². The standard InChI is InChI=1S/C11H18N2O4/c1-7(11(16)17)12-10(15)9-4-3-5-13(6-9)8(2)14/h7,9H,3-6H2,1-2H3,(H,12,15)(H,16,17)/t7-,9?/m0/s1. The van der Waals surface area contributed by atoms with Gasteiger partial charge in [0.25, 0.3) is 0 Å². The zero-order valence-corrected chi connectivity index (χ0v) is 10.1. The lowest BCUT2D eigenvalue weighted by Crippen LogP contribution is -2.48. The summed E-state index contributed by atoms with van der Waals surface area (Å²) in [7, 11) is 0. The molecule has 6 heteroatoms. The molecule has 2 N–H and O–H groups in total. The quantitative estimate of drug-likeness (QED) is 0.719. The number of carboxylic acid groups (broad SMARTS) is 1. The van der Waals surface area contributed by atoms with Crippen molar-refractivity contribution in [3.8, 4) is 0 Å². The van der Waals surface area contributed by atoms with Crippen molar-refractivity contribution in [1.82, 2.24) is 10.2 Å². The van der Waals surface area contributed by atoms with E-state index in [0.29, 0.717) is 19.5 Å². The van der Waals surface area contributed by atoms with E-state index in [1.807, 2.05) is 0 Å². The number of nitrogens with one attached hydrogen (secondary N) is 1. The largest absolute Gasteiger partial charge is 0.480 e. The summed E-state index contributed by atoms with van der Waals surface area (Å²) in [5.41, 5.74) is 0. The van der Waals surface area contributed by atoms with Gasteiger partial charge in [0, 0.05) is 20.0 Å². The number of likely N-dealkylation sites (tertiary alicyclic amines) is 1. The van der Waals surface area contributed by atoms with Crippen LogP contribution in [0.15, 0.2) is 0 Å². The Morgan fingerprint density at radius 2 is 2.06 bits per heavy atom. The SMILES string of the molecule is CC(=O)N1CCCC(C(=O)N[C@@H](C)C(=O)O)C1. The number of carbonyl (C=O) groups is 3. The van der Waals surface area contributed by atoms with Gasteiger partial charge in [-0.15, -0.1) is 0 Å². The molecule has 1 rings (SSSR count). The minimum Gasteiger partial charge on any atom is -0.480 e. The highest BCUT2D eigenvalue weighted by Crippen LogP contribution is 2.16. The van der Waals surface area contributed by atoms with Crippen LogP contribution in [0.4, 0.5) is 0 Å². The van der Waals surface area contributed by atoms with E-state index < -0.39 is 12.0 Å². The van der Waals surface area contributed by atoms with Crippen LogP contribution >= 0.6 is 0 Å². The third-order valence-electron chi connectivity index (χ3n) is 2.97. The first-order valence-corrected chi connectivity index (χ1v) is 5.70. The Balaban J connectivity index is 2.52. The van der Waals surface area contributed by atoms with Crippen molar-refractivity contribution in [2.75, 3.05) is 13.1 Å². The van der Waals surface area contributed by atoms with Crippen LogP contribution < -0.4 is 5.32 Å². The number of aliphatic carboxylic acids is 1. The topological polar surface area (TPSA) is 86.7 Å². The van der Waals surface area contributed by atoms with E-state index in [1.54, 1.807) is 4.90 Å². The maximum absolute atomic E-state index is 11.8. The molecule has 1 aliphatic rings. The smallest absolute Gasteiger partial charge is 0.325 e. The number of hydrogen-bond acceptors (Lipinski definition) is 3. The fourth-order valence-electron chi connectivity index (χ4n) is 1.87. The molecule has 0 bridgehead atoms. The van der Waals surface area contributed by atoms with Gasteiger partial charge < -0.3 is 15.3 Å². The Kier molecular flexibility index (Phi) is 4.48. The highest BCUT2D eigenvalue weighted by molar-refractivity contribution is 5.85. The molecule has 1 heterocycles.